The number of carbonyl (C=O) groups excluding carboxylic acids is 3. The summed E-state index contributed by atoms with van der Waals surface area (Å²) < 4.78 is 0. The largest absolute Gasteiger partial charge is 0.333 e. The van der Waals surface area contributed by atoms with E-state index in [0.29, 0.717) is 0 Å². The second-order valence-electron chi connectivity index (χ2n) is 5.37. The van der Waals surface area contributed by atoms with Gasteiger partial charge in [0.25, 0.3) is 11.8 Å². The van der Waals surface area contributed by atoms with E-state index in [2.05, 4.69) is 4.99 Å². The zero-order valence-electron chi connectivity index (χ0n) is 12.5. The zero-order chi connectivity index (χ0) is 16.0. The second-order valence-corrected chi connectivity index (χ2v) is 5.37. The van der Waals surface area contributed by atoms with Crippen LogP contribution in [0.2, 0.25) is 0 Å². The third kappa shape index (κ3) is 1.95. The van der Waals surface area contributed by atoms with Crippen molar-refractivity contribution in [2.45, 2.75) is 6.92 Å². The van der Waals surface area contributed by atoms with Gasteiger partial charge in [0.05, 0.1) is 5.71 Å². The van der Waals surface area contributed by atoms with Crippen LogP contribution in [0.5, 0.6) is 0 Å². The summed E-state index contributed by atoms with van der Waals surface area (Å²) in [5.41, 5.74) is 2.45. The number of urea groups is 1. The first-order valence-electron chi connectivity index (χ1n) is 6.88. The summed E-state index contributed by atoms with van der Waals surface area (Å²) in [6.07, 6.45) is 9.25. The Morgan fingerprint density at radius 3 is 2.36 bits per heavy atom. The molecule has 112 valence electrons. The fourth-order valence-electron chi connectivity index (χ4n) is 2.71. The third-order valence-corrected chi connectivity index (χ3v) is 3.99. The molecule has 6 heteroatoms. The number of carbonyl (C=O) groups is 3. The lowest BCUT2D eigenvalue weighted by Crippen LogP contribution is -2.53. The van der Waals surface area contributed by atoms with Crippen molar-refractivity contribution in [3.8, 4) is 0 Å². The van der Waals surface area contributed by atoms with Gasteiger partial charge in [-0.05, 0) is 24.6 Å². The lowest BCUT2D eigenvalue weighted by Gasteiger charge is -2.29. The summed E-state index contributed by atoms with van der Waals surface area (Å²) in [5.74, 6) is -1.22. The minimum Gasteiger partial charge on any atom is -0.268 e. The van der Waals surface area contributed by atoms with E-state index in [1.165, 1.54) is 14.1 Å². The molecule has 0 saturated carbocycles. The summed E-state index contributed by atoms with van der Waals surface area (Å²) in [6, 6.07) is -0.623. The first-order chi connectivity index (χ1) is 10.4. The lowest BCUT2D eigenvalue weighted by molar-refractivity contribution is -0.134. The highest BCUT2D eigenvalue weighted by Crippen LogP contribution is 2.32. The van der Waals surface area contributed by atoms with Crippen molar-refractivity contribution in [1.82, 2.24) is 9.80 Å². The number of hydrogen-bond donors (Lipinski definition) is 0. The monoisotopic (exact) mass is 297 g/mol. The number of nitrogens with zero attached hydrogens (tertiary/aromatic N) is 3. The Hall–Kier alpha value is -2.76. The van der Waals surface area contributed by atoms with Crippen molar-refractivity contribution in [2.24, 2.45) is 10.9 Å². The number of allylic oxidation sites excluding steroid dienone is 7. The predicted octanol–water partition coefficient (Wildman–Crippen LogP) is 1.43. The predicted molar refractivity (Wildman–Crippen MR) is 80.9 cm³/mol. The van der Waals surface area contributed by atoms with Gasteiger partial charge >= 0.3 is 6.03 Å². The Balaban J connectivity index is 2.02. The Bertz CT molecular complexity index is 727. The molecule has 1 unspecified atom stereocenters. The molecular weight excluding hydrogens is 282 g/mol. The highest BCUT2D eigenvalue weighted by molar-refractivity contribution is 6.28. The van der Waals surface area contributed by atoms with Crippen molar-refractivity contribution in [1.29, 1.82) is 0 Å². The van der Waals surface area contributed by atoms with E-state index in [1.807, 2.05) is 31.2 Å². The summed E-state index contributed by atoms with van der Waals surface area (Å²) >= 11 is 0. The van der Waals surface area contributed by atoms with Crippen molar-refractivity contribution < 1.29 is 14.4 Å². The average molecular weight is 297 g/mol. The summed E-state index contributed by atoms with van der Waals surface area (Å²) in [5, 5.41) is 0. The van der Waals surface area contributed by atoms with E-state index in [4.69, 9.17) is 0 Å². The Labute approximate surface area is 127 Å². The average Bonchev–Trinajstić information content (AvgIpc) is 2.83. The van der Waals surface area contributed by atoms with E-state index >= 15 is 0 Å². The van der Waals surface area contributed by atoms with E-state index in [1.54, 1.807) is 6.08 Å². The van der Waals surface area contributed by atoms with E-state index in [-0.39, 0.29) is 11.5 Å². The molecule has 1 saturated heterocycles. The van der Waals surface area contributed by atoms with Crippen LogP contribution in [0, 0.1) is 5.92 Å². The molecule has 4 amide bonds. The fraction of sp³-hybridized carbons (Fsp3) is 0.250. The topological polar surface area (TPSA) is 70.1 Å². The highest BCUT2D eigenvalue weighted by Gasteiger charge is 2.38. The summed E-state index contributed by atoms with van der Waals surface area (Å²) in [4.78, 5) is 42.6. The fourth-order valence-corrected chi connectivity index (χ4v) is 2.71. The number of barbiturate groups is 1. The van der Waals surface area contributed by atoms with Crippen molar-refractivity contribution >= 4 is 23.6 Å². The number of imide groups is 2. The number of aliphatic imine (C=N–C) groups is 1. The van der Waals surface area contributed by atoms with E-state index in [9.17, 15) is 14.4 Å². The second kappa shape index (κ2) is 4.91. The van der Waals surface area contributed by atoms with Crippen LogP contribution in [-0.4, -0.2) is 47.5 Å². The number of hydrogen-bond acceptors (Lipinski definition) is 4. The number of likely N-dealkylation sites (N-methyl/N-ethyl adjacent to an activating group) is 2. The van der Waals surface area contributed by atoms with Gasteiger partial charge in [0, 0.05) is 25.7 Å². The minimum absolute atomic E-state index is 0.0154. The standard InChI is InChI=1S/C16H15N3O3/c1-9-11(10-6-4-5-7-13(10)17-9)8-12-14(20)18(2)16(22)19(3)15(12)21/h4-8,10H,1-3H3. The van der Waals surface area contributed by atoms with Crippen LogP contribution in [0.25, 0.3) is 0 Å². The van der Waals surface area contributed by atoms with Gasteiger partial charge in [0.1, 0.15) is 5.57 Å². The Morgan fingerprint density at radius 2 is 1.73 bits per heavy atom. The molecule has 3 rings (SSSR count). The van der Waals surface area contributed by atoms with Crippen LogP contribution in [0.15, 0.2) is 52.2 Å². The van der Waals surface area contributed by atoms with Crippen LogP contribution in [-0.2, 0) is 9.59 Å². The molecule has 6 nitrogen and oxygen atoms in total. The Kier molecular flexibility index (Phi) is 3.16. The van der Waals surface area contributed by atoms with Crippen LogP contribution in [0.1, 0.15) is 6.92 Å². The van der Waals surface area contributed by atoms with Crippen LogP contribution in [0.3, 0.4) is 0 Å². The zero-order valence-corrected chi connectivity index (χ0v) is 12.5. The molecule has 2 heterocycles. The maximum absolute atomic E-state index is 12.2. The van der Waals surface area contributed by atoms with Gasteiger partial charge in [0.2, 0.25) is 0 Å². The molecule has 0 N–H and O–H groups in total. The van der Waals surface area contributed by atoms with Gasteiger partial charge in [-0.15, -0.1) is 0 Å². The molecule has 22 heavy (non-hydrogen) atoms. The van der Waals surface area contributed by atoms with Crippen LogP contribution < -0.4 is 0 Å². The maximum atomic E-state index is 12.2. The quantitative estimate of drug-likeness (QED) is 0.543. The van der Waals surface area contributed by atoms with Gasteiger partial charge in [-0.1, -0.05) is 18.2 Å². The van der Waals surface area contributed by atoms with Gasteiger partial charge in [-0.25, -0.2) is 4.79 Å². The van der Waals surface area contributed by atoms with E-state index in [0.717, 1.165) is 26.8 Å². The maximum Gasteiger partial charge on any atom is 0.333 e. The first-order valence-corrected chi connectivity index (χ1v) is 6.88. The van der Waals surface area contributed by atoms with Gasteiger partial charge in [-0.2, -0.15) is 0 Å². The normalized spacial score (nSPS) is 24.3. The number of fused-ring (bicyclic) bond motifs is 1. The van der Waals surface area contributed by atoms with Gasteiger partial charge < -0.3 is 0 Å². The van der Waals surface area contributed by atoms with Crippen molar-refractivity contribution in [2.75, 3.05) is 14.1 Å². The molecule has 3 aliphatic rings. The van der Waals surface area contributed by atoms with Crippen molar-refractivity contribution in [3.63, 3.8) is 0 Å². The van der Waals surface area contributed by atoms with Crippen LogP contribution >= 0.6 is 0 Å². The molecule has 0 bridgehead atoms. The molecule has 1 fully saturated rings. The van der Waals surface area contributed by atoms with Crippen LogP contribution in [0.4, 0.5) is 4.79 Å². The molecule has 0 aromatic rings. The molecule has 0 aromatic carbocycles. The van der Waals surface area contributed by atoms with E-state index < -0.39 is 17.8 Å². The van der Waals surface area contributed by atoms with Gasteiger partial charge in [0.15, 0.2) is 0 Å². The number of rotatable bonds is 1. The highest BCUT2D eigenvalue weighted by atomic mass is 16.2. The smallest absolute Gasteiger partial charge is 0.268 e. The SMILES string of the molecule is CC1=C(C=C2C(=O)N(C)C(=O)N(C)C2=O)C2C=CC=CC2=N1. The molecule has 1 aliphatic carbocycles. The Morgan fingerprint density at radius 1 is 1.09 bits per heavy atom. The third-order valence-electron chi connectivity index (χ3n) is 3.99. The molecule has 1 atom stereocenters. The molecule has 0 spiro atoms. The summed E-state index contributed by atoms with van der Waals surface area (Å²) in [6.45, 7) is 1.84. The minimum atomic E-state index is -0.623. The first kappa shape index (κ1) is 14.2. The summed E-state index contributed by atoms with van der Waals surface area (Å²) in [7, 11) is 2.73. The number of amides is 4. The molecule has 0 radical (unpaired) electrons. The molecule has 0 aromatic heterocycles. The molecule has 2 aliphatic heterocycles. The molecular formula is C16H15N3O3. The van der Waals surface area contributed by atoms with Gasteiger partial charge in [-0.3, -0.25) is 24.4 Å². The van der Waals surface area contributed by atoms with Crippen molar-refractivity contribution in [3.05, 3.63) is 47.2 Å². The lowest BCUT2D eigenvalue weighted by atomic mass is 9.90.